The second-order valence-electron chi connectivity index (χ2n) is 4.89. The Balaban J connectivity index is 1.69. The molecular formula is C10H20N2O2S. The van der Waals surface area contributed by atoms with Gasteiger partial charge in [-0.05, 0) is 44.6 Å². The SMILES string of the molecule is NS(=O)(=O)CCCN(CC1CC1)C1CC1. The van der Waals surface area contributed by atoms with Crippen LogP contribution >= 0.6 is 0 Å². The van der Waals surface area contributed by atoms with Gasteiger partial charge in [-0.2, -0.15) is 0 Å². The minimum absolute atomic E-state index is 0.126. The molecule has 0 heterocycles. The van der Waals surface area contributed by atoms with E-state index in [0.29, 0.717) is 6.42 Å². The highest BCUT2D eigenvalue weighted by Gasteiger charge is 2.33. The second-order valence-corrected chi connectivity index (χ2v) is 6.62. The number of hydrogen-bond donors (Lipinski definition) is 1. The van der Waals surface area contributed by atoms with Crippen LogP contribution in [0.4, 0.5) is 0 Å². The van der Waals surface area contributed by atoms with Crippen LogP contribution in [0.2, 0.25) is 0 Å². The summed E-state index contributed by atoms with van der Waals surface area (Å²) in [7, 11) is -3.26. The molecule has 2 fully saturated rings. The summed E-state index contributed by atoms with van der Waals surface area (Å²) in [6.45, 7) is 2.08. The maximum Gasteiger partial charge on any atom is 0.209 e. The number of hydrogen-bond acceptors (Lipinski definition) is 3. The zero-order valence-electron chi connectivity index (χ0n) is 9.06. The van der Waals surface area contributed by atoms with Crippen molar-refractivity contribution in [2.45, 2.75) is 38.1 Å². The summed E-state index contributed by atoms with van der Waals surface area (Å²) in [5.41, 5.74) is 0. The van der Waals surface area contributed by atoms with E-state index in [1.54, 1.807) is 0 Å². The molecule has 2 saturated carbocycles. The maximum atomic E-state index is 10.8. The molecule has 2 aliphatic carbocycles. The Bertz CT molecular complexity index is 307. The van der Waals surface area contributed by atoms with E-state index < -0.39 is 10.0 Å². The maximum absolute atomic E-state index is 10.8. The van der Waals surface area contributed by atoms with E-state index >= 15 is 0 Å². The van der Waals surface area contributed by atoms with Crippen molar-refractivity contribution in [3.8, 4) is 0 Å². The van der Waals surface area contributed by atoms with Crippen LogP contribution in [0.5, 0.6) is 0 Å². The average molecular weight is 232 g/mol. The van der Waals surface area contributed by atoms with Gasteiger partial charge in [0.05, 0.1) is 5.75 Å². The predicted octanol–water partition coefficient (Wildman–Crippen LogP) is 0.539. The van der Waals surface area contributed by atoms with E-state index in [1.165, 1.54) is 32.2 Å². The van der Waals surface area contributed by atoms with E-state index in [0.717, 1.165) is 18.5 Å². The summed E-state index contributed by atoms with van der Waals surface area (Å²) < 4.78 is 21.6. The number of primary sulfonamides is 1. The molecule has 0 radical (unpaired) electrons. The normalized spacial score (nSPS) is 22.3. The van der Waals surface area contributed by atoms with Crippen molar-refractivity contribution in [3.63, 3.8) is 0 Å². The molecule has 0 aliphatic heterocycles. The van der Waals surface area contributed by atoms with Crippen molar-refractivity contribution in [1.29, 1.82) is 0 Å². The van der Waals surface area contributed by atoms with Gasteiger partial charge in [-0.15, -0.1) is 0 Å². The van der Waals surface area contributed by atoms with Gasteiger partial charge < -0.3 is 4.90 Å². The van der Waals surface area contributed by atoms with Gasteiger partial charge in [-0.25, -0.2) is 13.6 Å². The molecule has 15 heavy (non-hydrogen) atoms. The van der Waals surface area contributed by atoms with Crippen molar-refractivity contribution in [3.05, 3.63) is 0 Å². The lowest BCUT2D eigenvalue weighted by Crippen LogP contribution is -2.31. The Hall–Kier alpha value is -0.130. The summed E-state index contributed by atoms with van der Waals surface area (Å²) in [5.74, 6) is 1.01. The highest BCUT2D eigenvalue weighted by Crippen LogP contribution is 2.34. The molecule has 0 spiro atoms. The predicted molar refractivity (Wildman–Crippen MR) is 59.9 cm³/mol. The molecule has 2 N–H and O–H groups in total. The van der Waals surface area contributed by atoms with Crippen LogP contribution in [0.15, 0.2) is 0 Å². The van der Waals surface area contributed by atoms with Crippen molar-refractivity contribution in [2.75, 3.05) is 18.8 Å². The fraction of sp³-hybridized carbons (Fsp3) is 1.00. The third kappa shape index (κ3) is 4.49. The van der Waals surface area contributed by atoms with Crippen LogP contribution in [0.25, 0.3) is 0 Å². The molecule has 0 bridgehead atoms. The van der Waals surface area contributed by atoms with Gasteiger partial charge in [0.25, 0.3) is 0 Å². The monoisotopic (exact) mass is 232 g/mol. The first-order valence-corrected chi connectivity index (χ1v) is 7.51. The third-order valence-corrected chi connectivity index (χ3v) is 3.98. The molecular weight excluding hydrogens is 212 g/mol. The Morgan fingerprint density at radius 2 is 1.87 bits per heavy atom. The molecule has 88 valence electrons. The van der Waals surface area contributed by atoms with Crippen molar-refractivity contribution < 1.29 is 8.42 Å². The molecule has 0 amide bonds. The van der Waals surface area contributed by atoms with Crippen LogP contribution in [-0.4, -0.2) is 38.2 Å². The number of nitrogens with zero attached hydrogens (tertiary/aromatic N) is 1. The van der Waals surface area contributed by atoms with E-state index in [-0.39, 0.29) is 5.75 Å². The standard InChI is InChI=1S/C10H20N2O2S/c11-15(13,14)7-1-6-12(10-4-5-10)8-9-2-3-9/h9-10H,1-8H2,(H2,11,13,14). The number of rotatable bonds is 7. The summed E-state index contributed by atoms with van der Waals surface area (Å²) in [5, 5.41) is 4.98. The molecule has 2 aliphatic rings. The molecule has 4 nitrogen and oxygen atoms in total. The molecule has 2 rings (SSSR count). The van der Waals surface area contributed by atoms with Gasteiger partial charge in [-0.3, -0.25) is 0 Å². The quantitative estimate of drug-likeness (QED) is 0.697. The lowest BCUT2D eigenvalue weighted by molar-refractivity contribution is 0.253. The Morgan fingerprint density at radius 3 is 2.33 bits per heavy atom. The summed E-state index contributed by atoms with van der Waals surface area (Å²) in [6.07, 6.45) is 5.99. The molecule has 0 unspecified atom stereocenters. The molecule has 0 atom stereocenters. The first-order chi connectivity index (χ1) is 7.04. The number of sulfonamides is 1. The Labute approximate surface area is 91.9 Å². The van der Waals surface area contributed by atoms with Crippen molar-refractivity contribution in [2.24, 2.45) is 11.1 Å². The Kier molecular flexibility index (Phi) is 3.33. The van der Waals surface area contributed by atoms with Gasteiger partial charge >= 0.3 is 0 Å². The molecule has 0 saturated heterocycles. The molecule has 0 aromatic rings. The summed E-state index contributed by atoms with van der Waals surface area (Å²) >= 11 is 0. The van der Waals surface area contributed by atoms with Crippen LogP contribution in [-0.2, 0) is 10.0 Å². The fourth-order valence-electron chi connectivity index (χ4n) is 1.96. The smallest absolute Gasteiger partial charge is 0.209 e. The second kappa shape index (κ2) is 4.39. The lowest BCUT2D eigenvalue weighted by Gasteiger charge is -2.21. The first-order valence-electron chi connectivity index (χ1n) is 5.79. The van der Waals surface area contributed by atoms with E-state index in [4.69, 9.17) is 5.14 Å². The van der Waals surface area contributed by atoms with E-state index in [1.807, 2.05) is 0 Å². The van der Waals surface area contributed by atoms with Gasteiger partial charge in [0.15, 0.2) is 0 Å². The van der Waals surface area contributed by atoms with Crippen LogP contribution in [0.1, 0.15) is 32.1 Å². The summed E-state index contributed by atoms with van der Waals surface area (Å²) in [4.78, 5) is 2.46. The van der Waals surface area contributed by atoms with Gasteiger partial charge in [0.1, 0.15) is 0 Å². The van der Waals surface area contributed by atoms with E-state index in [9.17, 15) is 8.42 Å². The third-order valence-electron chi connectivity index (χ3n) is 3.13. The zero-order chi connectivity index (χ0) is 10.9. The van der Waals surface area contributed by atoms with Crippen molar-refractivity contribution in [1.82, 2.24) is 4.90 Å². The zero-order valence-corrected chi connectivity index (χ0v) is 9.88. The van der Waals surface area contributed by atoms with Gasteiger partial charge in [0.2, 0.25) is 10.0 Å². The number of nitrogens with two attached hydrogens (primary N) is 1. The minimum Gasteiger partial charge on any atom is -0.300 e. The summed E-state index contributed by atoms with van der Waals surface area (Å²) in [6, 6.07) is 0.742. The fourth-order valence-corrected chi connectivity index (χ4v) is 2.49. The molecule has 0 aromatic heterocycles. The van der Waals surface area contributed by atoms with Crippen LogP contribution in [0.3, 0.4) is 0 Å². The topological polar surface area (TPSA) is 63.4 Å². The van der Waals surface area contributed by atoms with Gasteiger partial charge in [-0.1, -0.05) is 0 Å². The highest BCUT2D eigenvalue weighted by molar-refractivity contribution is 7.89. The molecule has 5 heteroatoms. The Morgan fingerprint density at radius 1 is 1.20 bits per heavy atom. The van der Waals surface area contributed by atoms with Crippen LogP contribution < -0.4 is 5.14 Å². The van der Waals surface area contributed by atoms with Gasteiger partial charge in [0, 0.05) is 12.6 Å². The average Bonchev–Trinajstić information content (AvgIpc) is 2.97. The lowest BCUT2D eigenvalue weighted by atomic mass is 10.3. The molecule has 0 aromatic carbocycles. The van der Waals surface area contributed by atoms with Crippen molar-refractivity contribution >= 4 is 10.0 Å². The minimum atomic E-state index is -3.26. The highest BCUT2D eigenvalue weighted by atomic mass is 32.2. The largest absolute Gasteiger partial charge is 0.300 e. The van der Waals surface area contributed by atoms with E-state index in [2.05, 4.69) is 4.90 Å². The van der Waals surface area contributed by atoms with Crippen LogP contribution in [0, 0.1) is 5.92 Å². The first kappa shape index (κ1) is 11.4.